The van der Waals surface area contributed by atoms with Crippen LogP contribution in [0.15, 0.2) is 29.3 Å². The molecule has 1 amide bonds. The average molecular weight is 384 g/mol. The molecule has 1 unspecified atom stereocenters. The molecule has 3 N–H and O–H groups in total. The maximum absolute atomic E-state index is 12.9. The molecule has 0 aliphatic carbocycles. The number of rotatable bonds is 7. The summed E-state index contributed by atoms with van der Waals surface area (Å²) in [5, 5.41) is 8.91. The summed E-state index contributed by atoms with van der Waals surface area (Å²) in [7, 11) is -1.36. The first kappa shape index (κ1) is 20.2. The molecule has 1 fully saturated rings. The van der Waals surface area contributed by atoms with Crippen LogP contribution in [-0.2, 0) is 21.1 Å². The van der Waals surface area contributed by atoms with Crippen molar-refractivity contribution < 1.29 is 17.6 Å². The zero-order valence-corrected chi connectivity index (χ0v) is 15.6. The van der Waals surface area contributed by atoms with Crippen molar-refractivity contribution >= 4 is 21.7 Å². The summed E-state index contributed by atoms with van der Waals surface area (Å²) in [4.78, 5) is 15.9. The van der Waals surface area contributed by atoms with Crippen molar-refractivity contribution in [1.29, 1.82) is 0 Å². The van der Waals surface area contributed by atoms with Crippen LogP contribution >= 0.6 is 0 Å². The van der Waals surface area contributed by atoms with Gasteiger partial charge in [0.2, 0.25) is 5.91 Å². The number of halogens is 1. The van der Waals surface area contributed by atoms with Gasteiger partial charge in [-0.2, -0.15) is 0 Å². The molecule has 1 aliphatic heterocycles. The van der Waals surface area contributed by atoms with Gasteiger partial charge in [-0.05, 0) is 30.5 Å². The van der Waals surface area contributed by atoms with E-state index in [-0.39, 0.29) is 35.7 Å². The van der Waals surface area contributed by atoms with E-state index < -0.39 is 9.84 Å². The van der Waals surface area contributed by atoms with Gasteiger partial charge in [0.1, 0.15) is 5.82 Å². The van der Waals surface area contributed by atoms with Crippen LogP contribution < -0.4 is 16.0 Å². The van der Waals surface area contributed by atoms with Crippen molar-refractivity contribution in [2.45, 2.75) is 25.3 Å². The molecular formula is C17H25FN4O3S. The number of amides is 1. The molecule has 9 heteroatoms. The maximum Gasteiger partial charge on any atom is 0.222 e. The van der Waals surface area contributed by atoms with Crippen LogP contribution in [-0.4, -0.2) is 58.0 Å². The fraction of sp³-hybridized carbons (Fsp3) is 0.529. The van der Waals surface area contributed by atoms with E-state index in [1.54, 1.807) is 19.2 Å². The number of nitrogens with one attached hydrogen (secondary N) is 3. The number of guanidine groups is 1. The molecule has 7 nitrogen and oxygen atoms in total. The molecule has 1 aromatic rings. The van der Waals surface area contributed by atoms with Gasteiger partial charge in [0.15, 0.2) is 15.8 Å². The Labute approximate surface area is 153 Å². The lowest BCUT2D eigenvalue weighted by Gasteiger charge is -2.13. The number of carbonyl (C=O) groups is 1. The molecule has 1 aromatic carbocycles. The van der Waals surface area contributed by atoms with Crippen LogP contribution in [0, 0.1) is 5.82 Å². The van der Waals surface area contributed by atoms with Crippen molar-refractivity contribution in [3.8, 4) is 0 Å². The highest BCUT2D eigenvalue weighted by molar-refractivity contribution is 7.91. The molecule has 0 saturated carbocycles. The quantitative estimate of drug-likeness (QED) is 0.462. The molecule has 26 heavy (non-hydrogen) atoms. The van der Waals surface area contributed by atoms with Crippen LogP contribution in [0.3, 0.4) is 0 Å². The van der Waals surface area contributed by atoms with Crippen LogP contribution in [0.2, 0.25) is 0 Å². The minimum atomic E-state index is -2.99. The van der Waals surface area contributed by atoms with E-state index >= 15 is 0 Å². The minimum Gasteiger partial charge on any atom is -0.356 e. The van der Waals surface area contributed by atoms with E-state index in [1.165, 1.54) is 12.1 Å². The Morgan fingerprint density at radius 2 is 1.92 bits per heavy atom. The predicted molar refractivity (Wildman–Crippen MR) is 99.3 cm³/mol. The maximum atomic E-state index is 12.9. The lowest BCUT2D eigenvalue weighted by molar-refractivity contribution is -0.121. The van der Waals surface area contributed by atoms with Crippen molar-refractivity contribution in [3.05, 3.63) is 35.6 Å². The van der Waals surface area contributed by atoms with Crippen LogP contribution in [0.4, 0.5) is 4.39 Å². The summed E-state index contributed by atoms with van der Waals surface area (Å²) in [5.41, 5.74) is 1.01. The first-order valence-corrected chi connectivity index (χ1v) is 10.4. The molecule has 0 aromatic heterocycles. The zero-order chi connectivity index (χ0) is 19.0. The molecular weight excluding hydrogens is 359 g/mol. The highest BCUT2D eigenvalue weighted by atomic mass is 32.2. The van der Waals surface area contributed by atoms with Crippen molar-refractivity contribution in [2.24, 2.45) is 4.99 Å². The lowest BCUT2D eigenvalue weighted by atomic mass is 10.1. The number of nitrogens with zero attached hydrogens (tertiary/aromatic N) is 1. The second-order valence-electron chi connectivity index (χ2n) is 6.22. The normalized spacial score (nSPS) is 19.2. The summed E-state index contributed by atoms with van der Waals surface area (Å²) in [6.07, 6.45) is 1.43. The standard InChI is InChI=1S/C17H25FN4O3S/c1-19-17(20-9-6-13-2-4-14(18)5-3-13)21-10-7-16(23)22-15-8-11-26(24,25)12-15/h2-5,15H,6-12H2,1H3,(H,22,23)(H2,19,20,21). The zero-order valence-electron chi connectivity index (χ0n) is 14.8. The smallest absolute Gasteiger partial charge is 0.222 e. The number of carbonyl (C=O) groups excluding carboxylic acids is 1. The Morgan fingerprint density at radius 3 is 2.54 bits per heavy atom. The highest BCUT2D eigenvalue weighted by Gasteiger charge is 2.28. The second kappa shape index (κ2) is 9.51. The summed E-state index contributed by atoms with van der Waals surface area (Å²) in [6.45, 7) is 1.01. The summed E-state index contributed by atoms with van der Waals surface area (Å²) in [6, 6.07) is 6.05. The van der Waals surface area contributed by atoms with Gasteiger partial charge in [-0.3, -0.25) is 9.79 Å². The van der Waals surface area contributed by atoms with Gasteiger partial charge < -0.3 is 16.0 Å². The number of sulfone groups is 1. The van der Waals surface area contributed by atoms with Crippen molar-refractivity contribution in [1.82, 2.24) is 16.0 Å². The topological polar surface area (TPSA) is 99.7 Å². The fourth-order valence-electron chi connectivity index (χ4n) is 2.70. The third-order valence-electron chi connectivity index (χ3n) is 4.09. The Kier molecular flexibility index (Phi) is 7.38. The molecule has 0 radical (unpaired) electrons. The van der Waals surface area contributed by atoms with Crippen LogP contribution in [0.5, 0.6) is 0 Å². The van der Waals surface area contributed by atoms with Gasteiger partial charge in [-0.25, -0.2) is 12.8 Å². The summed E-state index contributed by atoms with van der Waals surface area (Å²) in [5.74, 6) is 0.303. The van der Waals surface area contributed by atoms with Crippen LogP contribution in [0.1, 0.15) is 18.4 Å². The Morgan fingerprint density at radius 1 is 1.23 bits per heavy atom. The Bertz CT molecular complexity index is 735. The largest absolute Gasteiger partial charge is 0.356 e. The van der Waals surface area contributed by atoms with Gasteiger partial charge in [-0.15, -0.1) is 0 Å². The van der Waals surface area contributed by atoms with Gasteiger partial charge in [-0.1, -0.05) is 12.1 Å². The summed E-state index contributed by atoms with van der Waals surface area (Å²) >= 11 is 0. The van der Waals surface area contributed by atoms with E-state index in [9.17, 15) is 17.6 Å². The number of hydrogen-bond acceptors (Lipinski definition) is 4. The van der Waals surface area contributed by atoms with E-state index in [0.717, 1.165) is 12.0 Å². The second-order valence-corrected chi connectivity index (χ2v) is 8.45. The Balaban J connectivity index is 1.62. The highest BCUT2D eigenvalue weighted by Crippen LogP contribution is 2.11. The molecule has 0 spiro atoms. The number of hydrogen-bond donors (Lipinski definition) is 3. The molecule has 1 saturated heterocycles. The van der Waals surface area contributed by atoms with Crippen LogP contribution in [0.25, 0.3) is 0 Å². The van der Waals surface area contributed by atoms with Crippen molar-refractivity contribution in [3.63, 3.8) is 0 Å². The molecule has 1 aliphatic rings. The van der Waals surface area contributed by atoms with E-state index in [0.29, 0.717) is 25.5 Å². The predicted octanol–water partition coefficient (Wildman–Crippen LogP) is 0.227. The van der Waals surface area contributed by atoms with E-state index in [1.807, 2.05) is 0 Å². The average Bonchev–Trinajstić information content (AvgIpc) is 2.93. The SMILES string of the molecule is CN=C(NCCC(=O)NC1CCS(=O)(=O)C1)NCCc1ccc(F)cc1. The van der Waals surface area contributed by atoms with E-state index in [2.05, 4.69) is 20.9 Å². The molecule has 144 valence electrons. The van der Waals surface area contributed by atoms with Gasteiger partial charge >= 0.3 is 0 Å². The number of benzene rings is 1. The van der Waals surface area contributed by atoms with Gasteiger partial charge in [0.25, 0.3) is 0 Å². The molecule has 2 rings (SSSR count). The minimum absolute atomic E-state index is 0.0266. The molecule has 1 heterocycles. The van der Waals surface area contributed by atoms with Crippen molar-refractivity contribution in [2.75, 3.05) is 31.6 Å². The number of aliphatic imine (C=N–C) groups is 1. The third-order valence-corrected chi connectivity index (χ3v) is 5.85. The first-order valence-electron chi connectivity index (χ1n) is 8.57. The molecule has 1 atom stereocenters. The third kappa shape index (κ3) is 6.99. The molecule has 0 bridgehead atoms. The first-order chi connectivity index (χ1) is 12.4. The van der Waals surface area contributed by atoms with Gasteiger partial charge in [0.05, 0.1) is 11.5 Å². The van der Waals surface area contributed by atoms with E-state index in [4.69, 9.17) is 0 Å². The lowest BCUT2D eigenvalue weighted by Crippen LogP contribution is -2.41. The fourth-order valence-corrected chi connectivity index (χ4v) is 4.37. The monoisotopic (exact) mass is 384 g/mol. The Hall–Kier alpha value is -2.16. The van der Waals surface area contributed by atoms with Gasteiger partial charge in [0, 0.05) is 32.6 Å². The summed E-state index contributed by atoms with van der Waals surface area (Å²) < 4.78 is 35.6.